The fraction of sp³-hybridized carbons (Fsp3) is 0.571. The molecule has 1 N–H and O–H groups in total. The number of amides is 4. The van der Waals surface area contributed by atoms with Crippen molar-refractivity contribution in [1.29, 1.82) is 0 Å². The van der Waals surface area contributed by atoms with Gasteiger partial charge in [-0.15, -0.1) is 0 Å². The van der Waals surface area contributed by atoms with E-state index >= 15 is 0 Å². The number of imide groups is 1. The van der Waals surface area contributed by atoms with Crippen molar-refractivity contribution in [1.82, 2.24) is 15.1 Å². The molecule has 1 unspecified atom stereocenters. The van der Waals surface area contributed by atoms with Crippen LogP contribution >= 0.6 is 0 Å². The van der Waals surface area contributed by atoms with E-state index in [9.17, 15) is 18.8 Å². The van der Waals surface area contributed by atoms with Crippen LogP contribution in [0.15, 0.2) is 24.3 Å². The van der Waals surface area contributed by atoms with E-state index in [1.54, 1.807) is 31.0 Å². The van der Waals surface area contributed by atoms with Gasteiger partial charge >= 0.3 is 6.03 Å². The lowest BCUT2D eigenvalue weighted by Gasteiger charge is -2.38. The second-order valence-corrected chi connectivity index (χ2v) is 8.50. The molecule has 3 aliphatic rings. The largest absolute Gasteiger partial charge is 0.371 e. The fourth-order valence-corrected chi connectivity index (χ4v) is 4.41. The minimum Gasteiger partial charge on any atom is -0.371 e. The number of nitrogens with zero attached hydrogens (tertiary/aromatic N) is 3. The molecule has 8 heteroatoms. The van der Waals surface area contributed by atoms with Crippen LogP contribution in [0, 0.1) is 11.7 Å². The molecule has 2 aliphatic heterocycles. The van der Waals surface area contributed by atoms with Gasteiger partial charge in [0.25, 0.3) is 5.91 Å². The summed E-state index contributed by atoms with van der Waals surface area (Å²) in [5, 5.41) is 2.78. The summed E-state index contributed by atoms with van der Waals surface area (Å²) < 4.78 is 13.1. The van der Waals surface area contributed by atoms with Gasteiger partial charge in [-0.1, -0.05) is 0 Å². The summed E-state index contributed by atoms with van der Waals surface area (Å²) in [6.45, 7) is 3.06. The molecule has 3 fully saturated rings. The van der Waals surface area contributed by atoms with Crippen LogP contribution in [0.1, 0.15) is 32.6 Å². The predicted octanol–water partition coefficient (Wildman–Crippen LogP) is 1.97. The number of rotatable bonds is 5. The van der Waals surface area contributed by atoms with Crippen molar-refractivity contribution in [3.05, 3.63) is 30.1 Å². The van der Waals surface area contributed by atoms with Gasteiger partial charge in [0.2, 0.25) is 5.91 Å². The van der Waals surface area contributed by atoms with Crippen molar-refractivity contribution in [2.45, 2.75) is 44.2 Å². The van der Waals surface area contributed by atoms with Crippen LogP contribution in [0.25, 0.3) is 0 Å². The topological polar surface area (TPSA) is 73.0 Å². The van der Waals surface area contributed by atoms with E-state index in [1.165, 1.54) is 12.1 Å². The average molecular weight is 402 g/mol. The SMILES string of the molecule is CN(C(=O)CN1C(=O)NC(C)(C2CC2)C1=O)C1CCN(c2ccc(F)cc2)CC1. The van der Waals surface area contributed by atoms with Gasteiger partial charge in [0.1, 0.15) is 17.9 Å². The Labute approximate surface area is 169 Å². The maximum atomic E-state index is 13.1. The number of carbonyl (C=O) groups excluding carboxylic acids is 3. The van der Waals surface area contributed by atoms with E-state index in [4.69, 9.17) is 0 Å². The third-order valence-electron chi connectivity index (χ3n) is 6.59. The van der Waals surface area contributed by atoms with Gasteiger partial charge in [0.15, 0.2) is 0 Å². The standard InChI is InChI=1S/C21H27FN4O3/c1-21(14-3-4-14)19(28)26(20(29)23-21)13-18(27)24(2)16-9-11-25(12-10-16)17-7-5-15(22)6-8-17/h5-8,14,16H,3-4,9-13H2,1-2H3,(H,23,29). The molecule has 0 radical (unpaired) electrons. The normalized spacial score (nSPS) is 25.3. The van der Waals surface area contributed by atoms with Crippen molar-refractivity contribution < 1.29 is 18.8 Å². The van der Waals surface area contributed by atoms with Gasteiger partial charge in [-0.3, -0.25) is 14.5 Å². The van der Waals surface area contributed by atoms with Crippen molar-refractivity contribution in [2.75, 3.05) is 31.6 Å². The first-order valence-electron chi connectivity index (χ1n) is 10.2. The van der Waals surface area contributed by atoms with Crippen LogP contribution in [0.2, 0.25) is 0 Å². The number of urea groups is 1. The molecule has 29 heavy (non-hydrogen) atoms. The first kappa shape index (κ1) is 19.7. The third kappa shape index (κ3) is 3.68. The lowest BCUT2D eigenvalue weighted by Crippen LogP contribution is -2.50. The molecule has 4 amide bonds. The molecule has 0 bridgehead atoms. The summed E-state index contributed by atoms with van der Waals surface area (Å²) in [6.07, 6.45) is 3.41. The number of anilines is 1. The zero-order valence-corrected chi connectivity index (χ0v) is 16.9. The molecule has 1 saturated carbocycles. The summed E-state index contributed by atoms with van der Waals surface area (Å²) in [4.78, 5) is 42.7. The Morgan fingerprint density at radius 1 is 1.17 bits per heavy atom. The second-order valence-electron chi connectivity index (χ2n) is 8.50. The van der Waals surface area contributed by atoms with Crippen LogP contribution < -0.4 is 10.2 Å². The summed E-state index contributed by atoms with van der Waals surface area (Å²) in [6, 6.07) is 6.00. The van der Waals surface area contributed by atoms with E-state index in [2.05, 4.69) is 10.2 Å². The van der Waals surface area contributed by atoms with Crippen LogP contribution in [0.3, 0.4) is 0 Å². The lowest BCUT2D eigenvalue weighted by molar-refractivity contribution is -0.139. The van der Waals surface area contributed by atoms with Gasteiger partial charge in [0.05, 0.1) is 0 Å². The molecule has 156 valence electrons. The zero-order valence-electron chi connectivity index (χ0n) is 16.9. The molecule has 0 aromatic heterocycles. The van der Waals surface area contributed by atoms with Crippen LogP contribution in [-0.2, 0) is 9.59 Å². The van der Waals surface area contributed by atoms with Crippen LogP contribution in [0.4, 0.5) is 14.9 Å². The Morgan fingerprint density at radius 2 is 1.79 bits per heavy atom. The number of likely N-dealkylation sites (N-methyl/N-ethyl adjacent to an activating group) is 1. The maximum Gasteiger partial charge on any atom is 0.325 e. The predicted molar refractivity (Wildman–Crippen MR) is 106 cm³/mol. The molecular formula is C21H27FN4O3. The molecule has 1 aliphatic carbocycles. The van der Waals surface area contributed by atoms with E-state index in [0.29, 0.717) is 0 Å². The first-order valence-corrected chi connectivity index (χ1v) is 10.2. The maximum absolute atomic E-state index is 13.1. The summed E-state index contributed by atoms with van der Waals surface area (Å²) >= 11 is 0. The Bertz CT molecular complexity index is 818. The van der Waals surface area contributed by atoms with Gasteiger partial charge in [-0.2, -0.15) is 0 Å². The highest BCUT2D eigenvalue weighted by Gasteiger charge is 2.56. The molecular weight excluding hydrogens is 375 g/mol. The van der Waals surface area contributed by atoms with Gasteiger partial charge in [-0.05, 0) is 62.8 Å². The van der Waals surface area contributed by atoms with E-state index in [1.807, 2.05) is 0 Å². The highest BCUT2D eigenvalue weighted by molar-refractivity contribution is 6.09. The molecule has 1 aromatic carbocycles. The average Bonchev–Trinajstić information content (AvgIpc) is 3.54. The Kier molecular flexibility index (Phi) is 4.96. The van der Waals surface area contributed by atoms with Gasteiger partial charge < -0.3 is 15.1 Å². The number of nitrogens with one attached hydrogen (secondary N) is 1. The molecule has 7 nitrogen and oxygen atoms in total. The highest BCUT2D eigenvalue weighted by Crippen LogP contribution is 2.42. The van der Waals surface area contributed by atoms with Crippen molar-refractivity contribution in [3.63, 3.8) is 0 Å². The number of hydrogen-bond acceptors (Lipinski definition) is 4. The van der Waals surface area contributed by atoms with Crippen LogP contribution in [-0.4, -0.2) is 65.9 Å². The van der Waals surface area contributed by atoms with Gasteiger partial charge in [-0.25, -0.2) is 9.18 Å². The minimum atomic E-state index is -0.865. The Hall–Kier alpha value is -2.64. The molecule has 0 spiro atoms. The van der Waals surface area contributed by atoms with Crippen LogP contribution in [0.5, 0.6) is 0 Å². The molecule has 1 atom stereocenters. The van der Waals surface area contributed by atoms with E-state index in [-0.39, 0.29) is 36.1 Å². The quantitative estimate of drug-likeness (QED) is 0.765. The van der Waals surface area contributed by atoms with Gasteiger partial charge in [0, 0.05) is 31.9 Å². The number of carbonyl (C=O) groups is 3. The third-order valence-corrected chi connectivity index (χ3v) is 6.59. The molecule has 2 saturated heterocycles. The summed E-state index contributed by atoms with van der Waals surface area (Å²) in [5.74, 6) is -0.605. The minimum absolute atomic E-state index is 0.0507. The number of hydrogen-bond donors (Lipinski definition) is 1. The van der Waals surface area contributed by atoms with Crippen molar-refractivity contribution >= 4 is 23.5 Å². The number of piperidine rings is 1. The van der Waals surface area contributed by atoms with Crippen molar-refractivity contribution in [3.8, 4) is 0 Å². The molecule has 1 aromatic rings. The summed E-state index contributed by atoms with van der Waals surface area (Å²) in [7, 11) is 1.74. The molecule has 2 heterocycles. The first-order chi connectivity index (χ1) is 13.8. The van der Waals surface area contributed by atoms with Crippen molar-refractivity contribution in [2.24, 2.45) is 5.92 Å². The Balaban J connectivity index is 1.32. The smallest absolute Gasteiger partial charge is 0.325 e. The fourth-order valence-electron chi connectivity index (χ4n) is 4.41. The van der Waals surface area contributed by atoms with E-state index in [0.717, 1.165) is 49.4 Å². The zero-order chi connectivity index (χ0) is 20.8. The number of benzene rings is 1. The highest BCUT2D eigenvalue weighted by atomic mass is 19.1. The Morgan fingerprint density at radius 3 is 2.38 bits per heavy atom. The second kappa shape index (κ2) is 7.31. The monoisotopic (exact) mass is 402 g/mol. The number of halogens is 1. The molecule has 4 rings (SSSR count). The summed E-state index contributed by atoms with van der Waals surface area (Å²) in [5.41, 5.74) is 0.105. The van der Waals surface area contributed by atoms with E-state index < -0.39 is 11.6 Å². The lowest BCUT2D eigenvalue weighted by atomic mass is 9.96.